The van der Waals surface area contributed by atoms with Crippen LogP contribution in [0.3, 0.4) is 0 Å². The second-order valence-corrected chi connectivity index (χ2v) is 12.0. The largest absolute Gasteiger partial charge is 0.338 e. The third kappa shape index (κ3) is 5.62. The molecule has 212 valence electrons. The van der Waals surface area contributed by atoms with Crippen LogP contribution < -0.4 is 4.72 Å². The number of aromatic nitrogens is 1. The van der Waals surface area contributed by atoms with Gasteiger partial charge >= 0.3 is 0 Å². The summed E-state index contributed by atoms with van der Waals surface area (Å²) >= 11 is 0. The molecule has 1 aromatic heterocycles. The van der Waals surface area contributed by atoms with Crippen molar-refractivity contribution in [3.05, 3.63) is 102 Å². The van der Waals surface area contributed by atoms with Crippen molar-refractivity contribution < 1.29 is 26.8 Å². The SMILES string of the molecule is CC(C)(C(=O)N1CCN(C(=O)c2ccc(NS(=O)(=O)c3cccc4cccnc34)c(F)c2)CC1)c1ccc(F)cc1. The number of pyridine rings is 1. The number of hydrogen-bond donors (Lipinski definition) is 1. The lowest BCUT2D eigenvalue weighted by molar-refractivity contribution is -0.137. The van der Waals surface area contributed by atoms with E-state index in [9.17, 15) is 22.4 Å². The molecular formula is C30H28F2N4O4S. The van der Waals surface area contributed by atoms with Crippen LogP contribution >= 0.6 is 0 Å². The average Bonchev–Trinajstić information content (AvgIpc) is 2.97. The number of nitrogens with one attached hydrogen (secondary N) is 1. The van der Waals surface area contributed by atoms with Gasteiger partial charge in [-0.25, -0.2) is 17.2 Å². The summed E-state index contributed by atoms with van der Waals surface area (Å²) in [7, 11) is -4.17. The van der Waals surface area contributed by atoms with Crippen LogP contribution in [0.1, 0.15) is 29.8 Å². The molecule has 0 spiro atoms. The van der Waals surface area contributed by atoms with E-state index < -0.39 is 27.2 Å². The van der Waals surface area contributed by atoms with Crippen molar-refractivity contribution in [3.63, 3.8) is 0 Å². The smallest absolute Gasteiger partial charge is 0.264 e. The van der Waals surface area contributed by atoms with Crippen molar-refractivity contribution in [3.8, 4) is 0 Å². The molecule has 0 radical (unpaired) electrons. The molecule has 1 aliphatic rings. The summed E-state index contributed by atoms with van der Waals surface area (Å²) in [4.78, 5) is 33.6. The van der Waals surface area contributed by atoms with Crippen LogP contribution in [0.15, 0.2) is 83.9 Å². The third-order valence-electron chi connectivity index (χ3n) is 7.30. The quantitative estimate of drug-likeness (QED) is 0.361. The number of rotatable bonds is 6. The number of piperazine rings is 1. The first-order valence-electron chi connectivity index (χ1n) is 13.0. The molecule has 0 saturated carbocycles. The first-order chi connectivity index (χ1) is 19.5. The van der Waals surface area contributed by atoms with Gasteiger partial charge in [-0.1, -0.05) is 30.3 Å². The minimum absolute atomic E-state index is 0.0590. The number of carbonyl (C=O) groups excluding carboxylic acids is 2. The van der Waals surface area contributed by atoms with Crippen LogP contribution in [-0.4, -0.2) is 61.2 Å². The van der Waals surface area contributed by atoms with Crippen molar-refractivity contribution in [1.29, 1.82) is 0 Å². The fraction of sp³-hybridized carbons (Fsp3) is 0.233. The molecule has 1 N–H and O–H groups in total. The maximum atomic E-state index is 15.0. The standard InChI is InChI=1S/C30H28F2N4O4S/c1-30(2,22-9-11-23(31)12-10-22)29(38)36-17-15-35(16-18-36)28(37)21-8-13-25(24(32)19-21)34-41(39,40)26-7-3-5-20-6-4-14-33-27(20)26/h3-14,19,34H,15-18H2,1-2H3. The van der Waals surface area contributed by atoms with Crippen molar-refractivity contribution in [2.24, 2.45) is 0 Å². The fourth-order valence-electron chi connectivity index (χ4n) is 4.90. The molecule has 1 fully saturated rings. The predicted octanol–water partition coefficient (Wildman–Crippen LogP) is 4.58. The van der Waals surface area contributed by atoms with Crippen LogP contribution in [0, 0.1) is 11.6 Å². The van der Waals surface area contributed by atoms with E-state index >= 15 is 4.39 Å². The van der Waals surface area contributed by atoms with Gasteiger partial charge in [-0.2, -0.15) is 0 Å². The molecule has 2 heterocycles. The molecule has 3 aromatic carbocycles. The van der Waals surface area contributed by atoms with Crippen molar-refractivity contribution >= 4 is 38.4 Å². The fourth-order valence-corrected chi connectivity index (χ4v) is 6.15. The number of nitrogens with zero attached hydrogens (tertiary/aromatic N) is 3. The Bertz CT molecular complexity index is 1730. The second-order valence-electron chi connectivity index (χ2n) is 10.3. The molecule has 0 bridgehead atoms. The summed E-state index contributed by atoms with van der Waals surface area (Å²) in [6.07, 6.45) is 1.48. The number of benzene rings is 3. The maximum Gasteiger partial charge on any atom is 0.264 e. The lowest BCUT2D eigenvalue weighted by atomic mass is 9.83. The number of fused-ring (bicyclic) bond motifs is 1. The zero-order valence-electron chi connectivity index (χ0n) is 22.5. The summed E-state index contributed by atoms with van der Waals surface area (Å²) in [5, 5.41) is 0.623. The van der Waals surface area contributed by atoms with E-state index in [-0.39, 0.29) is 59.6 Å². The number of halogens is 2. The van der Waals surface area contributed by atoms with E-state index in [2.05, 4.69) is 9.71 Å². The van der Waals surface area contributed by atoms with Gasteiger partial charge in [0.15, 0.2) is 0 Å². The minimum atomic E-state index is -4.17. The highest BCUT2D eigenvalue weighted by molar-refractivity contribution is 7.93. The van der Waals surface area contributed by atoms with Gasteiger partial charge in [0.05, 0.1) is 16.6 Å². The van der Waals surface area contributed by atoms with E-state index in [1.807, 2.05) is 0 Å². The lowest BCUT2D eigenvalue weighted by Gasteiger charge is -2.38. The van der Waals surface area contributed by atoms with Gasteiger partial charge in [0, 0.05) is 43.3 Å². The zero-order chi connectivity index (χ0) is 29.4. The highest BCUT2D eigenvalue weighted by Gasteiger charge is 2.36. The topological polar surface area (TPSA) is 99.7 Å². The van der Waals surface area contributed by atoms with Gasteiger partial charge in [-0.3, -0.25) is 19.3 Å². The highest BCUT2D eigenvalue weighted by atomic mass is 32.2. The summed E-state index contributed by atoms with van der Waals surface area (Å²) in [6.45, 7) is 4.61. The Hall–Kier alpha value is -4.38. The molecule has 1 saturated heterocycles. The van der Waals surface area contributed by atoms with E-state index in [4.69, 9.17) is 0 Å². The summed E-state index contributed by atoms with van der Waals surface area (Å²) in [5.74, 6) is -1.85. The summed E-state index contributed by atoms with van der Waals surface area (Å²) < 4.78 is 56.7. The second kappa shape index (κ2) is 10.9. The van der Waals surface area contributed by atoms with Gasteiger partial charge in [0.25, 0.3) is 15.9 Å². The molecule has 1 aliphatic heterocycles. The van der Waals surface area contributed by atoms with Crippen LogP contribution in [0.2, 0.25) is 0 Å². The Morgan fingerprint density at radius 2 is 1.54 bits per heavy atom. The van der Waals surface area contributed by atoms with Crippen molar-refractivity contribution in [1.82, 2.24) is 14.8 Å². The number of anilines is 1. The Morgan fingerprint density at radius 3 is 2.22 bits per heavy atom. The average molecular weight is 579 g/mol. The van der Waals surface area contributed by atoms with Gasteiger partial charge < -0.3 is 9.80 Å². The normalized spacial score (nSPS) is 14.2. The van der Waals surface area contributed by atoms with E-state index in [0.29, 0.717) is 10.9 Å². The molecular weight excluding hydrogens is 550 g/mol. The Kier molecular flexibility index (Phi) is 7.48. The van der Waals surface area contributed by atoms with Gasteiger partial charge in [-0.05, 0) is 61.9 Å². The molecule has 5 rings (SSSR count). The Balaban J connectivity index is 1.25. The van der Waals surface area contributed by atoms with Crippen LogP contribution in [0.5, 0.6) is 0 Å². The molecule has 8 nitrogen and oxygen atoms in total. The van der Waals surface area contributed by atoms with Gasteiger partial charge in [-0.15, -0.1) is 0 Å². The number of para-hydroxylation sites is 1. The zero-order valence-corrected chi connectivity index (χ0v) is 23.3. The molecule has 0 aliphatic carbocycles. The van der Waals surface area contributed by atoms with Gasteiger partial charge in [0.2, 0.25) is 5.91 Å². The van der Waals surface area contributed by atoms with Crippen LogP contribution in [-0.2, 0) is 20.2 Å². The number of carbonyl (C=O) groups is 2. The monoisotopic (exact) mass is 578 g/mol. The molecule has 2 amide bonds. The third-order valence-corrected chi connectivity index (χ3v) is 8.70. The summed E-state index contributed by atoms with van der Waals surface area (Å²) in [6, 6.07) is 17.5. The Labute approximate surface area is 236 Å². The predicted molar refractivity (Wildman–Crippen MR) is 151 cm³/mol. The number of amides is 2. The lowest BCUT2D eigenvalue weighted by Crippen LogP contribution is -2.54. The molecule has 0 atom stereocenters. The molecule has 0 unspecified atom stereocenters. The van der Waals surface area contributed by atoms with Gasteiger partial charge in [0.1, 0.15) is 16.5 Å². The number of hydrogen-bond acceptors (Lipinski definition) is 5. The molecule has 41 heavy (non-hydrogen) atoms. The minimum Gasteiger partial charge on any atom is -0.338 e. The van der Waals surface area contributed by atoms with E-state index in [1.165, 1.54) is 41.4 Å². The molecule has 4 aromatic rings. The highest BCUT2D eigenvalue weighted by Crippen LogP contribution is 2.28. The maximum absolute atomic E-state index is 15.0. The van der Waals surface area contributed by atoms with Crippen molar-refractivity contribution in [2.75, 3.05) is 30.9 Å². The van der Waals surface area contributed by atoms with E-state index in [0.717, 1.165) is 6.07 Å². The number of sulfonamides is 1. The van der Waals surface area contributed by atoms with Crippen LogP contribution in [0.25, 0.3) is 10.9 Å². The summed E-state index contributed by atoms with van der Waals surface area (Å²) in [5.41, 5.74) is -0.177. The first kappa shape index (κ1) is 28.2. The van der Waals surface area contributed by atoms with E-state index in [1.54, 1.807) is 55.1 Å². The first-order valence-corrected chi connectivity index (χ1v) is 14.5. The Morgan fingerprint density at radius 1 is 0.878 bits per heavy atom. The van der Waals surface area contributed by atoms with Crippen molar-refractivity contribution in [2.45, 2.75) is 24.2 Å². The van der Waals surface area contributed by atoms with Crippen LogP contribution in [0.4, 0.5) is 14.5 Å². The molecule has 11 heteroatoms.